The van der Waals surface area contributed by atoms with Crippen molar-refractivity contribution in [2.75, 3.05) is 18.0 Å². The fourth-order valence-electron chi connectivity index (χ4n) is 2.23. The zero-order chi connectivity index (χ0) is 13.3. The summed E-state index contributed by atoms with van der Waals surface area (Å²) in [6.45, 7) is 6.46. The quantitative estimate of drug-likeness (QED) is 0.449. The van der Waals surface area contributed by atoms with E-state index in [0.29, 0.717) is 14.1 Å². The molecule has 1 fully saturated rings. The molecule has 1 aliphatic heterocycles. The average Bonchev–Trinajstić information content (AvgIpc) is 2.26. The van der Waals surface area contributed by atoms with E-state index in [1.807, 2.05) is 46.5 Å². The maximum atomic E-state index is 10.8. The summed E-state index contributed by atoms with van der Waals surface area (Å²) in [5, 5.41) is 12.0. The van der Waals surface area contributed by atoms with Crippen molar-refractivity contribution in [1.29, 1.82) is 0 Å². The van der Waals surface area contributed by atoms with Gasteiger partial charge in [0.2, 0.25) is 0 Å². The molecule has 0 amide bonds. The van der Waals surface area contributed by atoms with Crippen LogP contribution in [0.3, 0.4) is 0 Å². The largest absolute Gasteiger partial charge is 0.369 e. The van der Waals surface area contributed by atoms with Gasteiger partial charge in [-0.3, -0.25) is 10.1 Å². The molecule has 0 aliphatic carbocycles. The number of nitrogens with zero attached hydrogens (tertiary/aromatic N) is 2. The molecule has 0 aromatic heterocycles. The van der Waals surface area contributed by atoms with Gasteiger partial charge in [0.25, 0.3) is 5.69 Å². The summed E-state index contributed by atoms with van der Waals surface area (Å²) in [6.07, 6.45) is 0. The summed E-state index contributed by atoms with van der Waals surface area (Å²) >= 11 is 4.03. The molecular formula is C12H15IN2O2S. The van der Waals surface area contributed by atoms with Crippen molar-refractivity contribution >= 4 is 45.7 Å². The van der Waals surface area contributed by atoms with Gasteiger partial charge in [0.05, 0.1) is 8.49 Å². The van der Waals surface area contributed by atoms with Crippen molar-refractivity contribution in [2.24, 2.45) is 0 Å². The van der Waals surface area contributed by atoms with Gasteiger partial charge in [-0.1, -0.05) is 13.8 Å². The van der Waals surface area contributed by atoms with Crippen LogP contribution in [0.1, 0.15) is 13.8 Å². The second kappa shape index (κ2) is 5.64. The molecule has 1 aliphatic rings. The highest BCUT2D eigenvalue weighted by Gasteiger charge is 2.23. The lowest BCUT2D eigenvalue weighted by Gasteiger charge is -2.36. The van der Waals surface area contributed by atoms with Gasteiger partial charge in [-0.05, 0) is 34.7 Å². The third-order valence-corrected chi connectivity index (χ3v) is 5.00. The number of hydrogen-bond acceptors (Lipinski definition) is 4. The van der Waals surface area contributed by atoms with Crippen molar-refractivity contribution in [3.8, 4) is 0 Å². The van der Waals surface area contributed by atoms with Crippen LogP contribution in [0.4, 0.5) is 11.4 Å². The van der Waals surface area contributed by atoms with Crippen LogP contribution < -0.4 is 4.90 Å². The van der Waals surface area contributed by atoms with E-state index in [1.54, 1.807) is 6.07 Å². The van der Waals surface area contributed by atoms with Crippen LogP contribution in [0, 0.1) is 13.7 Å². The molecule has 1 aromatic rings. The zero-order valence-corrected chi connectivity index (χ0v) is 13.3. The fraction of sp³-hybridized carbons (Fsp3) is 0.500. The van der Waals surface area contributed by atoms with Crippen molar-refractivity contribution in [2.45, 2.75) is 24.3 Å². The normalized spacial score (nSPS) is 24.1. The topological polar surface area (TPSA) is 46.4 Å². The summed E-state index contributed by atoms with van der Waals surface area (Å²) in [6, 6.07) is 5.37. The highest BCUT2D eigenvalue weighted by atomic mass is 127. The molecule has 6 heteroatoms. The van der Waals surface area contributed by atoms with Gasteiger partial charge in [0.15, 0.2) is 0 Å². The average molecular weight is 378 g/mol. The Bertz CT molecular complexity index is 459. The first kappa shape index (κ1) is 13.9. The lowest BCUT2D eigenvalue weighted by Crippen LogP contribution is -2.40. The van der Waals surface area contributed by atoms with E-state index in [-0.39, 0.29) is 10.6 Å². The Morgan fingerprint density at radius 3 is 2.50 bits per heavy atom. The minimum absolute atomic E-state index is 0.187. The first-order valence-electron chi connectivity index (χ1n) is 5.81. The summed E-state index contributed by atoms with van der Waals surface area (Å²) in [5.41, 5.74) is 1.27. The number of nitro benzene ring substituents is 1. The molecule has 4 nitrogen and oxygen atoms in total. The molecule has 2 rings (SSSR count). The van der Waals surface area contributed by atoms with Crippen molar-refractivity contribution in [3.63, 3.8) is 0 Å². The second-order valence-electron chi connectivity index (χ2n) is 4.56. The molecule has 18 heavy (non-hydrogen) atoms. The van der Waals surface area contributed by atoms with E-state index in [4.69, 9.17) is 0 Å². The Balaban J connectivity index is 2.23. The van der Waals surface area contributed by atoms with Crippen molar-refractivity contribution < 1.29 is 4.92 Å². The summed E-state index contributed by atoms with van der Waals surface area (Å²) in [7, 11) is 0. The van der Waals surface area contributed by atoms with E-state index in [0.717, 1.165) is 18.8 Å². The van der Waals surface area contributed by atoms with Gasteiger partial charge >= 0.3 is 0 Å². The third kappa shape index (κ3) is 3.09. The van der Waals surface area contributed by atoms with Gasteiger partial charge in [0, 0.05) is 35.3 Å². The second-order valence-corrected chi connectivity index (χ2v) is 7.60. The third-order valence-electron chi connectivity index (χ3n) is 2.91. The maximum absolute atomic E-state index is 10.8. The molecular weight excluding hydrogens is 363 g/mol. The molecule has 2 atom stereocenters. The minimum Gasteiger partial charge on any atom is -0.369 e. The fourth-order valence-corrected chi connectivity index (χ4v) is 4.25. The highest BCUT2D eigenvalue weighted by Crippen LogP contribution is 2.31. The van der Waals surface area contributed by atoms with E-state index >= 15 is 0 Å². The summed E-state index contributed by atoms with van der Waals surface area (Å²) in [4.78, 5) is 12.8. The van der Waals surface area contributed by atoms with Crippen LogP contribution in [0.25, 0.3) is 0 Å². The predicted octanol–water partition coefficient (Wildman–Crippen LogP) is 3.53. The number of benzene rings is 1. The van der Waals surface area contributed by atoms with Crippen molar-refractivity contribution in [3.05, 3.63) is 31.9 Å². The highest BCUT2D eigenvalue weighted by molar-refractivity contribution is 14.1. The Hall–Kier alpha value is -0.500. The number of halogens is 1. The van der Waals surface area contributed by atoms with Gasteiger partial charge in [0.1, 0.15) is 0 Å². The van der Waals surface area contributed by atoms with E-state index < -0.39 is 0 Å². The van der Waals surface area contributed by atoms with Gasteiger partial charge in [-0.2, -0.15) is 11.8 Å². The molecule has 0 radical (unpaired) electrons. The van der Waals surface area contributed by atoms with Crippen molar-refractivity contribution in [1.82, 2.24) is 0 Å². The van der Waals surface area contributed by atoms with Crippen LogP contribution in [0.5, 0.6) is 0 Å². The first-order chi connectivity index (χ1) is 8.47. The Morgan fingerprint density at radius 2 is 2.00 bits per heavy atom. The molecule has 0 N–H and O–H groups in total. The number of anilines is 1. The van der Waals surface area contributed by atoms with Crippen LogP contribution in [0.15, 0.2) is 18.2 Å². The van der Waals surface area contributed by atoms with E-state index in [2.05, 4.69) is 18.7 Å². The summed E-state index contributed by atoms with van der Waals surface area (Å²) in [5.74, 6) is 0. The maximum Gasteiger partial charge on any atom is 0.282 e. The number of nitro groups is 1. The molecule has 2 unspecified atom stereocenters. The van der Waals surface area contributed by atoms with E-state index in [9.17, 15) is 10.1 Å². The van der Waals surface area contributed by atoms with Gasteiger partial charge in [-0.15, -0.1) is 0 Å². The molecule has 0 saturated carbocycles. The monoisotopic (exact) mass is 378 g/mol. The molecule has 1 saturated heterocycles. The molecule has 98 valence electrons. The minimum atomic E-state index is -0.330. The zero-order valence-electron chi connectivity index (χ0n) is 10.3. The number of rotatable bonds is 2. The summed E-state index contributed by atoms with van der Waals surface area (Å²) < 4.78 is 0.702. The van der Waals surface area contributed by atoms with E-state index in [1.165, 1.54) is 0 Å². The lowest BCUT2D eigenvalue weighted by molar-refractivity contribution is -0.385. The Labute approximate surface area is 124 Å². The smallest absolute Gasteiger partial charge is 0.282 e. The predicted molar refractivity (Wildman–Crippen MR) is 84.5 cm³/mol. The van der Waals surface area contributed by atoms with Gasteiger partial charge in [-0.25, -0.2) is 0 Å². The molecule has 1 aromatic carbocycles. The molecule has 1 heterocycles. The van der Waals surface area contributed by atoms with Crippen LogP contribution in [-0.4, -0.2) is 28.5 Å². The Kier molecular flexibility index (Phi) is 4.37. The number of hydrogen-bond donors (Lipinski definition) is 0. The SMILES string of the molecule is CC1CN(c2ccc([N+](=O)[O-])c(I)c2)CC(C)S1. The van der Waals surface area contributed by atoms with Crippen LogP contribution in [0.2, 0.25) is 0 Å². The first-order valence-corrected chi connectivity index (χ1v) is 7.84. The number of thioether (sulfide) groups is 1. The molecule has 0 spiro atoms. The lowest BCUT2D eigenvalue weighted by atomic mass is 10.2. The molecule has 0 bridgehead atoms. The van der Waals surface area contributed by atoms with Crippen LogP contribution in [-0.2, 0) is 0 Å². The Morgan fingerprint density at radius 1 is 1.39 bits per heavy atom. The van der Waals surface area contributed by atoms with Gasteiger partial charge < -0.3 is 4.90 Å². The standard InChI is InChI=1S/C12H15IN2O2S/c1-8-6-14(7-9(2)18-8)10-3-4-12(15(16)17)11(13)5-10/h3-5,8-9H,6-7H2,1-2H3. The van der Waals surface area contributed by atoms with Crippen LogP contribution >= 0.6 is 34.4 Å².